The number of rotatable bonds is 2. The summed E-state index contributed by atoms with van der Waals surface area (Å²) in [6.07, 6.45) is 0. The van der Waals surface area contributed by atoms with Gasteiger partial charge in [0, 0.05) is 11.8 Å². The van der Waals surface area contributed by atoms with E-state index >= 15 is 0 Å². The zero-order valence-electron chi connectivity index (χ0n) is 10.0. The Labute approximate surface area is 117 Å². The molecule has 1 aromatic heterocycles. The topological polar surface area (TPSA) is 66.7 Å². The normalized spacial score (nSPS) is 10.9. The highest BCUT2D eigenvalue weighted by atomic mass is 35.5. The highest BCUT2D eigenvalue weighted by Gasteiger charge is 2.12. The number of nitrogens with one attached hydrogen (secondary N) is 2. The lowest BCUT2D eigenvalue weighted by atomic mass is 10.3. The molecule has 20 heavy (non-hydrogen) atoms. The first-order valence-electron chi connectivity index (χ1n) is 5.70. The quantitative estimate of drug-likeness (QED) is 0.629. The van der Waals surface area contributed by atoms with E-state index in [-0.39, 0.29) is 16.7 Å². The van der Waals surface area contributed by atoms with E-state index in [1.165, 1.54) is 0 Å². The van der Waals surface area contributed by atoms with E-state index in [0.717, 1.165) is 12.1 Å². The van der Waals surface area contributed by atoms with Crippen molar-refractivity contribution in [3.05, 3.63) is 47.0 Å². The van der Waals surface area contributed by atoms with Crippen LogP contribution < -0.4 is 11.1 Å². The van der Waals surface area contributed by atoms with Crippen LogP contribution in [0.4, 0.5) is 26.1 Å². The summed E-state index contributed by atoms with van der Waals surface area (Å²) >= 11 is 5.80. The fourth-order valence-electron chi connectivity index (χ4n) is 1.87. The molecule has 0 amide bonds. The van der Waals surface area contributed by atoms with Gasteiger partial charge in [0.15, 0.2) is 5.82 Å². The first kappa shape index (κ1) is 12.7. The lowest BCUT2D eigenvalue weighted by molar-refractivity contribution is 0.586. The summed E-state index contributed by atoms with van der Waals surface area (Å²) in [6.45, 7) is 0. The number of anilines is 3. The molecule has 0 spiro atoms. The van der Waals surface area contributed by atoms with Crippen LogP contribution in [0.1, 0.15) is 0 Å². The molecule has 4 nitrogen and oxygen atoms in total. The molecule has 3 aromatic rings. The summed E-state index contributed by atoms with van der Waals surface area (Å²) in [6, 6.07) is 6.91. The number of nitrogen functional groups attached to an aromatic ring is 1. The van der Waals surface area contributed by atoms with Gasteiger partial charge in [0.05, 0.1) is 21.7 Å². The predicted molar refractivity (Wildman–Crippen MR) is 75.2 cm³/mol. The summed E-state index contributed by atoms with van der Waals surface area (Å²) in [5, 5.41) is 2.63. The van der Waals surface area contributed by atoms with Gasteiger partial charge >= 0.3 is 0 Å². The van der Waals surface area contributed by atoms with Crippen LogP contribution in [0, 0.1) is 11.6 Å². The molecule has 0 aliphatic rings. The predicted octanol–water partition coefficient (Wildman–Crippen LogP) is 3.82. The van der Waals surface area contributed by atoms with Gasteiger partial charge in [-0.3, -0.25) is 0 Å². The summed E-state index contributed by atoms with van der Waals surface area (Å²) in [5.41, 5.74) is 7.57. The second-order valence-corrected chi connectivity index (χ2v) is 4.64. The van der Waals surface area contributed by atoms with Crippen LogP contribution in [0.3, 0.4) is 0 Å². The third-order valence-electron chi connectivity index (χ3n) is 2.76. The molecule has 4 N–H and O–H groups in total. The Morgan fingerprint density at radius 1 is 1.20 bits per heavy atom. The Hall–Kier alpha value is -2.34. The lowest BCUT2D eigenvalue weighted by Crippen LogP contribution is -1.97. The summed E-state index contributed by atoms with van der Waals surface area (Å²) in [7, 11) is 0. The monoisotopic (exact) mass is 294 g/mol. The number of hydrogen-bond donors (Lipinski definition) is 3. The Morgan fingerprint density at radius 3 is 2.75 bits per heavy atom. The van der Waals surface area contributed by atoms with Crippen molar-refractivity contribution in [3.8, 4) is 0 Å². The fraction of sp³-hybridized carbons (Fsp3) is 0. The van der Waals surface area contributed by atoms with Gasteiger partial charge in [-0.25, -0.2) is 13.8 Å². The Kier molecular flexibility index (Phi) is 2.94. The molecule has 0 atom stereocenters. The van der Waals surface area contributed by atoms with Crippen LogP contribution in [0.15, 0.2) is 30.3 Å². The third kappa shape index (κ3) is 2.25. The van der Waals surface area contributed by atoms with Crippen molar-refractivity contribution in [3.63, 3.8) is 0 Å². The van der Waals surface area contributed by atoms with Crippen LogP contribution in [-0.4, -0.2) is 9.97 Å². The number of nitrogens with zero attached hydrogens (tertiary/aromatic N) is 1. The highest BCUT2D eigenvalue weighted by Crippen LogP contribution is 2.29. The van der Waals surface area contributed by atoms with Crippen LogP contribution in [-0.2, 0) is 0 Å². The van der Waals surface area contributed by atoms with Crippen LogP contribution >= 0.6 is 11.6 Å². The average molecular weight is 295 g/mol. The Balaban J connectivity index is 2.01. The molecule has 3 rings (SSSR count). The van der Waals surface area contributed by atoms with Crippen molar-refractivity contribution in [1.82, 2.24) is 9.97 Å². The Bertz CT molecular complexity index is 777. The first-order chi connectivity index (χ1) is 9.52. The summed E-state index contributed by atoms with van der Waals surface area (Å²) in [5.74, 6) is -1.25. The van der Waals surface area contributed by atoms with Crippen molar-refractivity contribution in [1.29, 1.82) is 0 Å². The van der Waals surface area contributed by atoms with Gasteiger partial charge in [-0.15, -0.1) is 0 Å². The molecule has 0 aliphatic heterocycles. The van der Waals surface area contributed by atoms with E-state index in [2.05, 4.69) is 15.3 Å². The highest BCUT2D eigenvalue weighted by molar-refractivity contribution is 6.33. The van der Waals surface area contributed by atoms with Crippen molar-refractivity contribution < 1.29 is 8.78 Å². The number of nitrogens with two attached hydrogens (primary N) is 1. The van der Waals surface area contributed by atoms with Crippen LogP contribution in [0.2, 0.25) is 5.02 Å². The van der Waals surface area contributed by atoms with Crippen molar-refractivity contribution in [2.24, 2.45) is 0 Å². The third-order valence-corrected chi connectivity index (χ3v) is 3.05. The van der Waals surface area contributed by atoms with E-state index < -0.39 is 11.6 Å². The maximum absolute atomic E-state index is 13.7. The van der Waals surface area contributed by atoms with Gasteiger partial charge in [0.25, 0.3) is 0 Å². The van der Waals surface area contributed by atoms with E-state index in [0.29, 0.717) is 16.7 Å². The van der Waals surface area contributed by atoms with Gasteiger partial charge in [-0.2, -0.15) is 0 Å². The van der Waals surface area contributed by atoms with Gasteiger partial charge < -0.3 is 16.0 Å². The van der Waals surface area contributed by atoms with Gasteiger partial charge in [-0.05, 0) is 24.3 Å². The van der Waals surface area contributed by atoms with Gasteiger partial charge in [0.1, 0.15) is 5.82 Å². The van der Waals surface area contributed by atoms with Gasteiger partial charge in [-0.1, -0.05) is 11.6 Å². The number of hydrogen-bond acceptors (Lipinski definition) is 3. The second-order valence-electron chi connectivity index (χ2n) is 4.23. The number of benzene rings is 2. The molecule has 2 aromatic carbocycles. The molecule has 0 unspecified atom stereocenters. The molecular formula is C13H9ClF2N4. The molecule has 1 heterocycles. The number of H-pyrrole nitrogens is 1. The minimum absolute atomic E-state index is 0.0416. The molecule has 0 saturated heterocycles. The number of halogens is 3. The first-order valence-corrected chi connectivity index (χ1v) is 6.07. The number of fused-ring (bicyclic) bond motifs is 1. The molecule has 0 bridgehead atoms. The summed E-state index contributed by atoms with van der Waals surface area (Å²) in [4.78, 5) is 7.15. The SMILES string of the molecule is Nc1ccc2nc(Nc3c(F)cc(F)cc3Cl)[nH]c2c1. The largest absolute Gasteiger partial charge is 0.399 e. The molecule has 0 aliphatic carbocycles. The number of aromatic nitrogens is 2. The van der Waals surface area contributed by atoms with Crippen LogP contribution in [0.25, 0.3) is 11.0 Å². The zero-order chi connectivity index (χ0) is 14.3. The zero-order valence-corrected chi connectivity index (χ0v) is 10.8. The maximum Gasteiger partial charge on any atom is 0.205 e. The lowest BCUT2D eigenvalue weighted by Gasteiger charge is -2.06. The van der Waals surface area contributed by atoms with Gasteiger partial charge in [0.2, 0.25) is 5.95 Å². The molecule has 0 radical (unpaired) electrons. The smallest absolute Gasteiger partial charge is 0.205 e. The molecule has 7 heteroatoms. The maximum atomic E-state index is 13.7. The molecule has 0 fully saturated rings. The van der Waals surface area contributed by atoms with Crippen molar-refractivity contribution in [2.45, 2.75) is 0 Å². The Morgan fingerprint density at radius 2 is 2.00 bits per heavy atom. The fourth-order valence-corrected chi connectivity index (χ4v) is 2.11. The minimum atomic E-state index is -0.796. The van der Waals surface area contributed by atoms with E-state index in [1.807, 2.05) is 0 Å². The average Bonchev–Trinajstić information content (AvgIpc) is 2.75. The minimum Gasteiger partial charge on any atom is -0.399 e. The van der Waals surface area contributed by atoms with Crippen molar-refractivity contribution in [2.75, 3.05) is 11.1 Å². The molecule has 0 saturated carbocycles. The summed E-state index contributed by atoms with van der Waals surface area (Å²) < 4.78 is 26.6. The number of aromatic amines is 1. The molecule has 102 valence electrons. The van der Waals surface area contributed by atoms with Crippen LogP contribution in [0.5, 0.6) is 0 Å². The van der Waals surface area contributed by atoms with E-state index in [1.54, 1.807) is 18.2 Å². The van der Waals surface area contributed by atoms with E-state index in [4.69, 9.17) is 17.3 Å². The van der Waals surface area contributed by atoms with E-state index in [9.17, 15) is 8.78 Å². The molecular weight excluding hydrogens is 286 g/mol. The second kappa shape index (κ2) is 4.64. The van der Waals surface area contributed by atoms with Crippen molar-refractivity contribution >= 4 is 40.0 Å². The standard InChI is InChI=1S/C13H9ClF2N4/c14-8-3-6(15)4-9(16)12(8)20-13-18-10-2-1-7(17)5-11(10)19-13/h1-5H,17H2,(H2,18,19,20). The number of imidazole rings is 1.